The molecule has 8 heteroatoms. The van der Waals surface area contributed by atoms with Gasteiger partial charge in [0.15, 0.2) is 0 Å². The zero-order valence-corrected chi connectivity index (χ0v) is 24.8. The summed E-state index contributed by atoms with van der Waals surface area (Å²) in [7, 11) is 4.17. The Kier molecular flexibility index (Phi) is 7.33. The van der Waals surface area contributed by atoms with E-state index in [1.165, 1.54) is 16.7 Å². The van der Waals surface area contributed by atoms with Gasteiger partial charge in [0.1, 0.15) is 5.65 Å². The van der Waals surface area contributed by atoms with Crippen LogP contribution in [0, 0.1) is 0 Å². The fourth-order valence-corrected chi connectivity index (χ4v) is 5.65. The lowest BCUT2D eigenvalue weighted by Gasteiger charge is -2.14. The van der Waals surface area contributed by atoms with E-state index in [1.807, 2.05) is 65.3 Å². The van der Waals surface area contributed by atoms with Crippen molar-refractivity contribution in [2.24, 2.45) is 0 Å². The molecule has 3 aromatic heterocycles. The molecule has 218 valence electrons. The molecular weight excluding hydrogens is 546 g/mol. The molecule has 4 heterocycles. The van der Waals surface area contributed by atoms with Crippen LogP contribution in [0.2, 0.25) is 0 Å². The molecule has 5 aromatic rings. The second-order valence-corrected chi connectivity index (χ2v) is 11.4. The number of hydrogen-bond acceptors (Lipinski definition) is 6. The SMILES string of the molecule is CN(C)CCc1ccc(Nc2nccc(-c3c(-c4cccc(C(=O)N5C=C6CC=CC=C6C5)c4)nc4ccccn34)n2)cc1. The third-order valence-corrected chi connectivity index (χ3v) is 7.97. The Bertz CT molecular complexity index is 1950. The zero-order chi connectivity index (χ0) is 30.0. The Balaban J connectivity index is 1.20. The summed E-state index contributed by atoms with van der Waals surface area (Å²) >= 11 is 0. The van der Waals surface area contributed by atoms with Crippen LogP contribution in [-0.4, -0.2) is 62.2 Å². The van der Waals surface area contributed by atoms with Gasteiger partial charge in [-0.1, -0.05) is 48.6 Å². The van der Waals surface area contributed by atoms with Gasteiger partial charge in [-0.05, 0) is 86.1 Å². The van der Waals surface area contributed by atoms with Gasteiger partial charge >= 0.3 is 0 Å². The van der Waals surface area contributed by atoms with Crippen molar-refractivity contribution in [3.8, 4) is 22.6 Å². The lowest BCUT2D eigenvalue weighted by atomic mass is 10.0. The van der Waals surface area contributed by atoms with Gasteiger partial charge in [0.2, 0.25) is 5.95 Å². The van der Waals surface area contributed by atoms with Crippen LogP contribution in [0.4, 0.5) is 11.6 Å². The number of pyridine rings is 1. The van der Waals surface area contributed by atoms with Crippen LogP contribution < -0.4 is 5.32 Å². The van der Waals surface area contributed by atoms with Gasteiger partial charge in [0.25, 0.3) is 5.91 Å². The van der Waals surface area contributed by atoms with Crippen molar-refractivity contribution < 1.29 is 4.79 Å². The highest BCUT2D eigenvalue weighted by atomic mass is 16.2. The number of hydrogen-bond donors (Lipinski definition) is 1. The molecule has 0 saturated carbocycles. The standard InChI is InChI=1S/C36H33N7O/c1-41(2)21-18-25-13-15-30(16-14-25)38-36-37-19-17-31(39-36)34-33(40-32-12-5-6-20-43(32)34)26-10-7-11-27(22-26)35(44)42-23-28-8-3-4-9-29(28)24-42/h3-8,10-17,19-20,22,24H,9,18,21,23H2,1-2H3,(H,37,38,39). The van der Waals surface area contributed by atoms with Gasteiger partial charge in [0, 0.05) is 42.0 Å². The minimum atomic E-state index is -0.0266. The van der Waals surface area contributed by atoms with E-state index in [1.54, 1.807) is 11.1 Å². The number of imidazole rings is 1. The number of amides is 1. The van der Waals surface area contributed by atoms with Crippen molar-refractivity contribution in [3.63, 3.8) is 0 Å². The summed E-state index contributed by atoms with van der Waals surface area (Å²) in [6.45, 7) is 1.60. The smallest absolute Gasteiger partial charge is 0.258 e. The van der Waals surface area contributed by atoms with Crippen LogP contribution in [0.3, 0.4) is 0 Å². The Morgan fingerprint density at radius 2 is 1.86 bits per heavy atom. The van der Waals surface area contributed by atoms with Crippen LogP contribution in [0.5, 0.6) is 0 Å². The maximum Gasteiger partial charge on any atom is 0.258 e. The molecule has 1 aliphatic heterocycles. The van der Waals surface area contributed by atoms with Crippen LogP contribution in [0.25, 0.3) is 28.3 Å². The van der Waals surface area contributed by atoms with Gasteiger partial charge in [-0.25, -0.2) is 15.0 Å². The second kappa shape index (κ2) is 11.7. The molecule has 8 nitrogen and oxygen atoms in total. The van der Waals surface area contributed by atoms with E-state index in [9.17, 15) is 4.79 Å². The fraction of sp³-hybridized carbons (Fsp3) is 0.167. The summed E-state index contributed by atoms with van der Waals surface area (Å²) in [6.07, 6.45) is 13.8. The molecule has 2 aliphatic rings. The highest BCUT2D eigenvalue weighted by molar-refractivity contribution is 5.97. The molecule has 0 saturated heterocycles. The molecule has 0 spiro atoms. The average Bonchev–Trinajstić information content (AvgIpc) is 3.67. The van der Waals surface area contributed by atoms with E-state index in [2.05, 4.69) is 71.8 Å². The maximum absolute atomic E-state index is 13.6. The van der Waals surface area contributed by atoms with E-state index in [4.69, 9.17) is 9.97 Å². The summed E-state index contributed by atoms with van der Waals surface area (Å²) < 4.78 is 2.03. The molecule has 1 amide bonds. The van der Waals surface area contributed by atoms with Gasteiger partial charge in [-0.2, -0.15) is 0 Å². The van der Waals surface area contributed by atoms with Crippen molar-refractivity contribution in [1.29, 1.82) is 0 Å². The number of nitrogens with one attached hydrogen (secondary N) is 1. The number of allylic oxidation sites excluding steroid dienone is 3. The average molecular weight is 580 g/mol. The molecule has 44 heavy (non-hydrogen) atoms. The van der Waals surface area contributed by atoms with Crippen molar-refractivity contribution in [2.75, 3.05) is 32.5 Å². The molecular formula is C36H33N7O. The molecule has 0 bridgehead atoms. The first-order valence-electron chi connectivity index (χ1n) is 14.8. The number of rotatable bonds is 8. The first-order valence-corrected chi connectivity index (χ1v) is 14.8. The summed E-state index contributed by atoms with van der Waals surface area (Å²) in [5.41, 5.74) is 9.18. The third-order valence-electron chi connectivity index (χ3n) is 7.97. The number of nitrogens with zero attached hydrogens (tertiary/aromatic N) is 6. The Morgan fingerprint density at radius 1 is 0.977 bits per heavy atom. The van der Waals surface area contributed by atoms with Gasteiger partial charge in [-0.3, -0.25) is 9.20 Å². The number of anilines is 2. The quantitative estimate of drug-likeness (QED) is 0.225. The molecule has 1 aliphatic carbocycles. The van der Waals surface area contributed by atoms with Crippen LogP contribution in [0.15, 0.2) is 121 Å². The number of carbonyl (C=O) groups excluding carboxylic acids is 1. The molecule has 1 N–H and O–H groups in total. The number of likely N-dealkylation sites (N-methyl/N-ethyl adjacent to an activating group) is 1. The maximum atomic E-state index is 13.6. The normalized spacial score (nSPS) is 14.1. The second-order valence-electron chi connectivity index (χ2n) is 11.4. The minimum absolute atomic E-state index is 0.0266. The predicted octanol–water partition coefficient (Wildman–Crippen LogP) is 6.53. The molecule has 7 rings (SSSR count). The number of benzene rings is 2. The highest BCUT2D eigenvalue weighted by Crippen LogP contribution is 2.34. The van der Waals surface area contributed by atoms with Crippen molar-refractivity contribution in [3.05, 3.63) is 132 Å². The van der Waals surface area contributed by atoms with Gasteiger partial charge < -0.3 is 15.1 Å². The predicted molar refractivity (Wildman–Crippen MR) is 175 cm³/mol. The highest BCUT2D eigenvalue weighted by Gasteiger charge is 2.25. The largest absolute Gasteiger partial charge is 0.324 e. The topological polar surface area (TPSA) is 78.7 Å². The molecule has 0 fully saturated rings. The van der Waals surface area contributed by atoms with E-state index in [0.29, 0.717) is 18.1 Å². The van der Waals surface area contributed by atoms with E-state index in [-0.39, 0.29) is 5.91 Å². The summed E-state index contributed by atoms with van der Waals surface area (Å²) in [6, 6.07) is 23.9. The lowest BCUT2D eigenvalue weighted by molar-refractivity contribution is 0.0839. The number of carbonyl (C=O) groups is 1. The third kappa shape index (κ3) is 5.55. The molecule has 0 radical (unpaired) electrons. The summed E-state index contributed by atoms with van der Waals surface area (Å²) in [5, 5.41) is 3.36. The van der Waals surface area contributed by atoms with Gasteiger partial charge in [-0.15, -0.1) is 0 Å². The van der Waals surface area contributed by atoms with E-state index < -0.39 is 0 Å². The van der Waals surface area contributed by atoms with Crippen molar-refractivity contribution in [2.45, 2.75) is 12.8 Å². The molecule has 0 unspecified atom stereocenters. The van der Waals surface area contributed by atoms with Crippen LogP contribution >= 0.6 is 0 Å². The zero-order valence-electron chi connectivity index (χ0n) is 24.8. The van der Waals surface area contributed by atoms with E-state index >= 15 is 0 Å². The van der Waals surface area contributed by atoms with E-state index in [0.717, 1.165) is 53.4 Å². The number of aromatic nitrogens is 4. The van der Waals surface area contributed by atoms with Crippen LogP contribution in [-0.2, 0) is 6.42 Å². The Labute approximate surface area is 256 Å². The van der Waals surface area contributed by atoms with Crippen molar-refractivity contribution in [1.82, 2.24) is 29.2 Å². The summed E-state index contributed by atoms with van der Waals surface area (Å²) in [5.74, 6) is 0.470. The first kappa shape index (κ1) is 27.5. The molecule has 0 atom stereocenters. The fourth-order valence-electron chi connectivity index (χ4n) is 5.65. The first-order chi connectivity index (χ1) is 21.5. The molecule has 2 aromatic carbocycles. The minimum Gasteiger partial charge on any atom is -0.324 e. The Hall–Kier alpha value is -5.34. The Morgan fingerprint density at radius 3 is 2.70 bits per heavy atom. The van der Waals surface area contributed by atoms with Crippen molar-refractivity contribution >= 4 is 23.2 Å². The van der Waals surface area contributed by atoms with Crippen LogP contribution in [0.1, 0.15) is 22.3 Å². The van der Waals surface area contributed by atoms with Gasteiger partial charge in [0.05, 0.1) is 23.6 Å². The summed E-state index contributed by atoms with van der Waals surface area (Å²) in [4.78, 5) is 32.0. The number of fused-ring (bicyclic) bond motifs is 2. The lowest BCUT2D eigenvalue weighted by Crippen LogP contribution is -2.24. The monoisotopic (exact) mass is 579 g/mol.